The van der Waals surface area contributed by atoms with Gasteiger partial charge >= 0.3 is 5.97 Å². The van der Waals surface area contributed by atoms with Crippen molar-refractivity contribution in [2.75, 3.05) is 13.2 Å². The number of rotatable bonds is 6. The molecule has 0 N–H and O–H groups in total. The summed E-state index contributed by atoms with van der Waals surface area (Å²) in [6.07, 6.45) is 3.87. The highest BCUT2D eigenvalue weighted by atomic mass is 35.7. The molecule has 1 aromatic rings. The first-order valence-electron chi connectivity index (χ1n) is 6.85. The van der Waals surface area contributed by atoms with Gasteiger partial charge in [-0.25, -0.2) is 13.2 Å². The van der Waals surface area contributed by atoms with Crippen LogP contribution in [0.25, 0.3) is 0 Å². The number of ether oxygens (including phenoxy) is 2. The largest absolute Gasteiger partial charge is 0.458 e. The minimum atomic E-state index is -3.87. The highest BCUT2D eigenvalue weighted by Crippen LogP contribution is 2.20. The van der Waals surface area contributed by atoms with E-state index in [-0.39, 0.29) is 23.3 Å². The van der Waals surface area contributed by atoms with E-state index in [0.717, 1.165) is 19.3 Å². The zero-order chi connectivity index (χ0) is 15.5. The zero-order valence-corrected chi connectivity index (χ0v) is 13.3. The molecule has 0 amide bonds. The molecule has 1 saturated heterocycles. The van der Waals surface area contributed by atoms with Crippen LogP contribution in [0.5, 0.6) is 0 Å². The molecule has 1 aromatic heterocycles. The molecule has 1 aliphatic rings. The third kappa shape index (κ3) is 4.21. The lowest BCUT2D eigenvalue weighted by Crippen LogP contribution is -2.19. The second kappa shape index (κ2) is 6.81. The molecule has 1 unspecified atom stereocenters. The molecule has 0 aliphatic carbocycles. The van der Waals surface area contributed by atoms with E-state index in [1.165, 1.54) is 12.3 Å². The smallest absolute Gasteiger partial charge is 0.355 e. The Labute approximate surface area is 128 Å². The van der Waals surface area contributed by atoms with Crippen LogP contribution in [0, 0.1) is 0 Å². The molecule has 8 heteroatoms. The molecule has 0 radical (unpaired) electrons. The average Bonchev–Trinajstić information content (AvgIpc) is 3.04. The number of hydrogen-bond acceptors (Lipinski definition) is 5. The van der Waals surface area contributed by atoms with Crippen LogP contribution >= 0.6 is 10.7 Å². The van der Waals surface area contributed by atoms with Crippen LogP contribution in [0.4, 0.5) is 0 Å². The van der Waals surface area contributed by atoms with Crippen LogP contribution in [0.3, 0.4) is 0 Å². The summed E-state index contributed by atoms with van der Waals surface area (Å²) in [4.78, 5) is 12.0. The van der Waals surface area contributed by atoms with Gasteiger partial charge in [0.1, 0.15) is 17.2 Å². The SMILES string of the molecule is CCCn1cc(S(=O)(=O)Cl)cc1C(=O)OCC1CCCO1. The van der Waals surface area contributed by atoms with Gasteiger partial charge in [0.25, 0.3) is 9.05 Å². The van der Waals surface area contributed by atoms with Crippen LogP contribution in [-0.2, 0) is 25.1 Å². The Morgan fingerprint density at radius 1 is 1.57 bits per heavy atom. The van der Waals surface area contributed by atoms with Crippen molar-refractivity contribution in [1.82, 2.24) is 4.57 Å². The normalized spacial score (nSPS) is 18.9. The summed E-state index contributed by atoms with van der Waals surface area (Å²) in [7, 11) is 1.45. The molecule has 0 saturated carbocycles. The van der Waals surface area contributed by atoms with Gasteiger partial charge in [0.2, 0.25) is 0 Å². The third-order valence-electron chi connectivity index (χ3n) is 3.25. The van der Waals surface area contributed by atoms with Crippen molar-refractivity contribution in [2.24, 2.45) is 0 Å². The molecule has 2 rings (SSSR count). The molecule has 0 spiro atoms. The number of nitrogens with zero attached hydrogens (tertiary/aromatic N) is 1. The Morgan fingerprint density at radius 3 is 2.90 bits per heavy atom. The first kappa shape index (κ1) is 16.3. The van der Waals surface area contributed by atoms with Crippen molar-refractivity contribution in [3.05, 3.63) is 18.0 Å². The van der Waals surface area contributed by atoms with Gasteiger partial charge in [0.15, 0.2) is 0 Å². The van der Waals surface area contributed by atoms with E-state index in [2.05, 4.69) is 0 Å². The molecule has 1 fully saturated rings. The van der Waals surface area contributed by atoms with Gasteiger partial charge in [-0.15, -0.1) is 0 Å². The standard InChI is InChI=1S/C13H18ClNO5S/c1-2-5-15-8-11(21(14,17)18)7-12(15)13(16)20-9-10-4-3-6-19-10/h7-8,10H,2-6,9H2,1H3. The number of aromatic nitrogens is 1. The minimum absolute atomic E-state index is 0.0697. The van der Waals surface area contributed by atoms with E-state index in [4.69, 9.17) is 20.2 Å². The maximum Gasteiger partial charge on any atom is 0.355 e. The van der Waals surface area contributed by atoms with Crippen molar-refractivity contribution in [3.63, 3.8) is 0 Å². The topological polar surface area (TPSA) is 74.6 Å². The summed E-state index contributed by atoms with van der Waals surface area (Å²) in [6.45, 7) is 3.30. The molecular formula is C13H18ClNO5S. The highest BCUT2D eigenvalue weighted by molar-refractivity contribution is 8.13. The van der Waals surface area contributed by atoms with Gasteiger partial charge in [-0.05, 0) is 25.3 Å². The summed E-state index contributed by atoms with van der Waals surface area (Å²) >= 11 is 0. The second-order valence-corrected chi connectivity index (χ2v) is 7.49. The Morgan fingerprint density at radius 2 is 2.33 bits per heavy atom. The first-order chi connectivity index (χ1) is 9.91. The number of aryl methyl sites for hydroxylation is 1. The fourth-order valence-corrected chi connectivity index (χ4v) is 2.99. The maximum absolute atomic E-state index is 12.1. The van der Waals surface area contributed by atoms with Crippen molar-refractivity contribution in [2.45, 2.75) is 43.7 Å². The lowest BCUT2D eigenvalue weighted by molar-refractivity contribution is 0.0152. The number of esters is 1. The second-order valence-electron chi connectivity index (χ2n) is 4.93. The molecule has 1 atom stereocenters. The monoisotopic (exact) mass is 335 g/mol. The van der Waals surface area contributed by atoms with E-state index in [9.17, 15) is 13.2 Å². The Bertz CT molecular complexity index is 604. The molecule has 1 aliphatic heterocycles. The summed E-state index contributed by atoms with van der Waals surface area (Å²) in [5, 5.41) is 0. The van der Waals surface area contributed by atoms with Crippen LogP contribution in [0.1, 0.15) is 36.7 Å². The van der Waals surface area contributed by atoms with Crippen LogP contribution in [0.2, 0.25) is 0 Å². The Kier molecular flexibility index (Phi) is 5.29. The first-order valence-corrected chi connectivity index (χ1v) is 9.16. The molecule has 118 valence electrons. The van der Waals surface area contributed by atoms with Crippen LogP contribution < -0.4 is 0 Å². The van der Waals surface area contributed by atoms with Gasteiger partial charge in [-0.3, -0.25) is 0 Å². The number of halogens is 1. The third-order valence-corrected chi connectivity index (χ3v) is 4.57. The molecule has 6 nitrogen and oxygen atoms in total. The van der Waals surface area contributed by atoms with Crippen LogP contribution in [0.15, 0.2) is 17.2 Å². The molecule has 0 aromatic carbocycles. The zero-order valence-electron chi connectivity index (χ0n) is 11.7. The van der Waals surface area contributed by atoms with Gasteiger partial charge < -0.3 is 14.0 Å². The van der Waals surface area contributed by atoms with E-state index >= 15 is 0 Å². The quantitative estimate of drug-likeness (QED) is 0.588. The fraction of sp³-hybridized carbons (Fsp3) is 0.615. The lowest BCUT2D eigenvalue weighted by atomic mass is 10.2. The summed E-state index contributed by atoms with van der Waals surface area (Å²) in [6, 6.07) is 1.25. The maximum atomic E-state index is 12.1. The molecule has 2 heterocycles. The summed E-state index contributed by atoms with van der Waals surface area (Å²) in [5.74, 6) is -0.564. The van der Waals surface area contributed by atoms with Gasteiger partial charge in [0, 0.05) is 30.0 Å². The number of carbonyl (C=O) groups excluding carboxylic acids is 1. The van der Waals surface area contributed by atoms with Crippen molar-refractivity contribution in [3.8, 4) is 0 Å². The Balaban J connectivity index is 2.12. The van der Waals surface area contributed by atoms with Gasteiger partial charge in [0.05, 0.1) is 6.10 Å². The van der Waals surface area contributed by atoms with Crippen molar-refractivity contribution >= 4 is 25.7 Å². The molecule has 0 bridgehead atoms. The predicted molar refractivity (Wildman–Crippen MR) is 77.0 cm³/mol. The van der Waals surface area contributed by atoms with E-state index in [1.807, 2.05) is 6.92 Å². The Hall–Kier alpha value is -1.05. The van der Waals surface area contributed by atoms with Crippen molar-refractivity contribution < 1.29 is 22.7 Å². The van der Waals surface area contributed by atoms with Crippen molar-refractivity contribution in [1.29, 1.82) is 0 Å². The minimum Gasteiger partial charge on any atom is -0.458 e. The average molecular weight is 336 g/mol. The number of carbonyl (C=O) groups is 1. The van der Waals surface area contributed by atoms with Gasteiger partial charge in [-0.1, -0.05) is 6.92 Å². The summed E-state index contributed by atoms with van der Waals surface area (Å²) < 4.78 is 34.9. The highest BCUT2D eigenvalue weighted by Gasteiger charge is 2.23. The van der Waals surface area contributed by atoms with E-state index in [0.29, 0.717) is 13.2 Å². The summed E-state index contributed by atoms with van der Waals surface area (Å²) in [5.41, 5.74) is 0.189. The number of hydrogen-bond donors (Lipinski definition) is 0. The predicted octanol–water partition coefficient (Wildman–Crippen LogP) is 2.16. The van der Waals surface area contributed by atoms with Crippen LogP contribution in [-0.4, -0.2) is 38.3 Å². The van der Waals surface area contributed by atoms with E-state index in [1.54, 1.807) is 4.57 Å². The molecule has 21 heavy (non-hydrogen) atoms. The van der Waals surface area contributed by atoms with E-state index < -0.39 is 15.0 Å². The van der Waals surface area contributed by atoms with Gasteiger partial charge in [-0.2, -0.15) is 0 Å². The molecular weight excluding hydrogens is 318 g/mol. The lowest BCUT2D eigenvalue weighted by Gasteiger charge is -2.11. The fourth-order valence-electron chi connectivity index (χ4n) is 2.23.